The third-order valence-electron chi connectivity index (χ3n) is 12.9. The van der Waals surface area contributed by atoms with Crippen LogP contribution in [0.15, 0.2) is 47.6 Å². The number of hydrogen-bond acceptors (Lipinski definition) is 8. The fraction of sp³-hybridized carbons (Fsp3) is 0.725. The molecule has 0 amide bonds. The van der Waals surface area contributed by atoms with Crippen LogP contribution in [0.2, 0.25) is 0 Å². The van der Waals surface area contributed by atoms with Crippen LogP contribution in [0.5, 0.6) is 0 Å². The third-order valence-corrected chi connectivity index (χ3v) is 12.9. The Morgan fingerprint density at radius 3 is 2.62 bits per heavy atom. The standard InChI is InChI=1S/C40H58O8/c1-4-5-8-11-27(41)15-17-30-29(34(43)25-35(30)44)12-9-6-7-10-13-36(45)48-37(46)40(47)23-20-33-31-16-14-26-24-28(42)18-21-38(26,2)32(31)19-22-39(33,40)3/h6,9,15,17,19,24,27,29-31,33-35,41,43-44,47H,4-5,7-8,10-14,16,18,20-23,25H2,1-3H3/b9-6-,17-15+/t27-,29+,30+,31+,33-,34-,35+,38-,39-,40-/m0/s1. The number of ether oxygens (including phenoxy) is 1. The van der Waals surface area contributed by atoms with Crippen molar-refractivity contribution >= 4 is 17.7 Å². The van der Waals surface area contributed by atoms with Crippen molar-refractivity contribution in [2.45, 2.75) is 147 Å². The first-order valence-corrected chi connectivity index (χ1v) is 18.6. The molecule has 4 N–H and O–H groups in total. The molecule has 5 aliphatic rings. The van der Waals surface area contributed by atoms with Gasteiger partial charge in [-0.1, -0.05) is 81.6 Å². The molecule has 0 bridgehead atoms. The summed E-state index contributed by atoms with van der Waals surface area (Å²) in [4.78, 5) is 38.3. The van der Waals surface area contributed by atoms with Gasteiger partial charge in [0.15, 0.2) is 11.4 Å². The van der Waals surface area contributed by atoms with Crippen LogP contribution in [0.4, 0.5) is 0 Å². The highest BCUT2D eigenvalue weighted by molar-refractivity contribution is 5.92. The second-order valence-electron chi connectivity index (χ2n) is 15.8. The first-order valence-electron chi connectivity index (χ1n) is 18.6. The van der Waals surface area contributed by atoms with Crippen molar-refractivity contribution < 1.29 is 39.5 Å². The number of allylic oxidation sites excluding steroid dienone is 6. The number of hydrogen-bond donors (Lipinski definition) is 4. The Kier molecular flexibility index (Phi) is 11.7. The zero-order valence-electron chi connectivity index (χ0n) is 29.2. The molecule has 8 heteroatoms. The van der Waals surface area contributed by atoms with E-state index >= 15 is 0 Å². The molecule has 0 aromatic carbocycles. The minimum absolute atomic E-state index is 0.0528. The molecule has 0 radical (unpaired) electrons. The maximum absolute atomic E-state index is 13.4. The zero-order valence-corrected chi connectivity index (χ0v) is 29.2. The number of rotatable bonds is 13. The Balaban J connectivity index is 1.09. The summed E-state index contributed by atoms with van der Waals surface area (Å²) in [5.74, 6) is -1.29. The highest BCUT2D eigenvalue weighted by atomic mass is 16.6. The maximum atomic E-state index is 13.4. The summed E-state index contributed by atoms with van der Waals surface area (Å²) in [5.41, 5.74) is 0.00925. The van der Waals surface area contributed by atoms with E-state index in [9.17, 15) is 34.8 Å². The van der Waals surface area contributed by atoms with Crippen LogP contribution >= 0.6 is 0 Å². The van der Waals surface area contributed by atoms with Crippen molar-refractivity contribution in [1.82, 2.24) is 0 Å². The van der Waals surface area contributed by atoms with Crippen molar-refractivity contribution in [2.24, 2.45) is 34.5 Å². The fourth-order valence-electron chi connectivity index (χ4n) is 9.84. The topological polar surface area (TPSA) is 141 Å². The number of carbonyl (C=O) groups is 3. The molecule has 3 fully saturated rings. The van der Waals surface area contributed by atoms with Gasteiger partial charge < -0.3 is 25.2 Å². The average Bonchev–Trinajstić information content (AvgIpc) is 3.48. The van der Waals surface area contributed by atoms with Gasteiger partial charge in [0, 0.05) is 36.0 Å². The summed E-state index contributed by atoms with van der Waals surface area (Å²) < 4.78 is 5.30. The zero-order chi connectivity index (χ0) is 34.7. The van der Waals surface area contributed by atoms with Crippen molar-refractivity contribution in [3.8, 4) is 0 Å². The van der Waals surface area contributed by atoms with Gasteiger partial charge in [0.05, 0.1) is 18.3 Å². The van der Waals surface area contributed by atoms with Gasteiger partial charge in [0.1, 0.15) is 0 Å². The number of aliphatic hydroxyl groups excluding tert-OH is 3. The van der Waals surface area contributed by atoms with E-state index in [-0.39, 0.29) is 47.7 Å². The maximum Gasteiger partial charge on any atom is 0.346 e. The minimum Gasteiger partial charge on any atom is -0.393 e. The molecule has 5 rings (SSSR count). The van der Waals surface area contributed by atoms with E-state index in [0.29, 0.717) is 51.4 Å². The van der Waals surface area contributed by atoms with Crippen LogP contribution in [-0.2, 0) is 19.1 Å². The summed E-state index contributed by atoms with van der Waals surface area (Å²) in [7, 11) is 0. The summed E-state index contributed by atoms with van der Waals surface area (Å²) in [6, 6.07) is 0. The molecule has 3 saturated carbocycles. The van der Waals surface area contributed by atoms with Gasteiger partial charge in [-0.3, -0.25) is 9.59 Å². The van der Waals surface area contributed by atoms with Gasteiger partial charge in [-0.05, 0) is 88.0 Å². The Morgan fingerprint density at radius 1 is 1.06 bits per heavy atom. The molecule has 0 aliphatic heterocycles. The number of fused-ring (bicyclic) bond motifs is 5. The monoisotopic (exact) mass is 666 g/mol. The molecule has 0 unspecified atom stereocenters. The van der Waals surface area contributed by atoms with Gasteiger partial charge >= 0.3 is 11.9 Å². The van der Waals surface area contributed by atoms with Crippen LogP contribution in [-0.4, -0.2) is 62.1 Å². The molecule has 8 nitrogen and oxygen atoms in total. The highest BCUT2D eigenvalue weighted by Crippen LogP contribution is 2.65. The Bertz CT molecular complexity index is 1330. The molecule has 0 aromatic rings. The van der Waals surface area contributed by atoms with Crippen molar-refractivity contribution in [2.75, 3.05) is 0 Å². The van der Waals surface area contributed by atoms with E-state index in [0.717, 1.165) is 38.5 Å². The van der Waals surface area contributed by atoms with Crippen LogP contribution in [0.1, 0.15) is 124 Å². The van der Waals surface area contributed by atoms with Crippen molar-refractivity contribution in [1.29, 1.82) is 0 Å². The van der Waals surface area contributed by atoms with E-state index in [1.54, 1.807) is 6.08 Å². The van der Waals surface area contributed by atoms with Gasteiger partial charge in [-0.15, -0.1) is 0 Å². The number of esters is 2. The number of unbranched alkanes of at least 4 members (excludes halogenated alkanes) is 3. The lowest BCUT2D eigenvalue weighted by atomic mass is 9.50. The second kappa shape index (κ2) is 15.2. The summed E-state index contributed by atoms with van der Waals surface area (Å²) in [5, 5.41) is 43.1. The lowest BCUT2D eigenvalue weighted by Crippen LogP contribution is -2.55. The number of ketones is 1. The Hall–Kier alpha value is -2.39. The largest absolute Gasteiger partial charge is 0.393 e. The van der Waals surface area contributed by atoms with Gasteiger partial charge in [0.25, 0.3) is 0 Å². The highest BCUT2D eigenvalue weighted by Gasteiger charge is 2.65. The van der Waals surface area contributed by atoms with Crippen LogP contribution in [0.3, 0.4) is 0 Å². The second-order valence-corrected chi connectivity index (χ2v) is 15.8. The summed E-state index contributed by atoms with van der Waals surface area (Å²) in [6.45, 7) is 6.34. The average molecular weight is 667 g/mol. The molecule has 10 atom stereocenters. The van der Waals surface area contributed by atoms with Crippen LogP contribution in [0, 0.1) is 34.5 Å². The molecule has 0 aromatic heterocycles. The molecular formula is C40H58O8. The molecule has 0 heterocycles. The Labute approximate surface area is 286 Å². The predicted molar refractivity (Wildman–Crippen MR) is 183 cm³/mol. The van der Waals surface area contributed by atoms with E-state index in [4.69, 9.17) is 4.74 Å². The molecule has 266 valence electrons. The van der Waals surface area contributed by atoms with Crippen molar-refractivity contribution in [3.05, 3.63) is 47.6 Å². The number of aliphatic hydroxyl groups is 4. The van der Waals surface area contributed by atoms with Gasteiger partial charge in [0.2, 0.25) is 0 Å². The van der Waals surface area contributed by atoms with Gasteiger partial charge in [-0.25, -0.2) is 4.79 Å². The number of carbonyl (C=O) groups excluding carboxylic acids is 3. The van der Waals surface area contributed by atoms with Crippen molar-refractivity contribution in [3.63, 3.8) is 0 Å². The molecular weight excluding hydrogens is 608 g/mol. The fourth-order valence-corrected chi connectivity index (χ4v) is 9.84. The quantitative estimate of drug-likeness (QED) is 0.0787. The minimum atomic E-state index is -1.72. The van der Waals surface area contributed by atoms with E-state index in [1.807, 2.05) is 31.2 Å². The summed E-state index contributed by atoms with van der Waals surface area (Å²) >= 11 is 0. The molecule has 5 aliphatic carbocycles. The predicted octanol–water partition coefficient (Wildman–Crippen LogP) is 6.21. The molecule has 0 saturated heterocycles. The first kappa shape index (κ1) is 36.9. The van der Waals surface area contributed by atoms with Crippen LogP contribution in [0.25, 0.3) is 0 Å². The van der Waals surface area contributed by atoms with E-state index in [1.165, 1.54) is 11.1 Å². The molecule has 48 heavy (non-hydrogen) atoms. The smallest absolute Gasteiger partial charge is 0.346 e. The Morgan fingerprint density at radius 2 is 1.85 bits per heavy atom. The third kappa shape index (κ3) is 7.24. The normalized spacial score (nSPS) is 38.4. The van der Waals surface area contributed by atoms with Gasteiger partial charge in [-0.2, -0.15) is 0 Å². The lowest BCUT2D eigenvalue weighted by molar-refractivity contribution is -0.185. The van der Waals surface area contributed by atoms with E-state index in [2.05, 4.69) is 19.9 Å². The first-order chi connectivity index (χ1) is 22.8. The summed E-state index contributed by atoms with van der Waals surface area (Å²) in [6.07, 6.45) is 20.2. The SMILES string of the molecule is CCCCC[C@H](O)/C=C/[C@@H]1[C@@H](C/C=C\CCCC(=O)OC(=O)[C@@]2(O)CC[C@H]3[C@@H]4CCC5=CC(=O)CC[C@]5(C)C4=CC[C@@]32C)[C@@H](O)C[C@H]1O. The van der Waals surface area contributed by atoms with Crippen LogP contribution < -0.4 is 0 Å². The lowest BCUT2D eigenvalue weighted by Gasteiger charge is -2.54. The molecule has 0 spiro atoms. The van der Waals surface area contributed by atoms with E-state index < -0.39 is 41.3 Å².